The van der Waals surface area contributed by atoms with E-state index in [9.17, 15) is 23.9 Å². The van der Waals surface area contributed by atoms with E-state index in [2.05, 4.69) is 35.1 Å². The lowest BCUT2D eigenvalue weighted by atomic mass is 9.99. The van der Waals surface area contributed by atoms with E-state index >= 15 is 0 Å². The number of hydrazone groups is 1. The number of β-lactam (4-membered cyclic amide) rings is 1. The molecule has 8 N–H and O–H groups in total. The Morgan fingerprint density at radius 3 is 2.68 bits per heavy atom. The fourth-order valence-electron chi connectivity index (χ4n) is 3.93. The standard InChI is InChI=1S/C18H22FN11O5S2/c19-6-35-27-9(13-25-18(21)37-28-13)14(31)24-10-15(32)30-11(17(33)34)7(5-36-16(10)30)8(26-22)12(20)29-3-1-23-2-4-29/h10,16,20,23H,1-6,22H2,(H,24,31)(H,33,34)(H2,21,25,28). The molecule has 1 aromatic heterocycles. The summed E-state index contributed by atoms with van der Waals surface area (Å²) in [7, 11) is 0. The maximum Gasteiger partial charge on any atom is 0.353 e. The molecule has 0 spiro atoms. The van der Waals surface area contributed by atoms with Crippen LogP contribution in [0, 0.1) is 5.41 Å². The normalized spacial score (nSPS) is 22.4. The number of carboxylic acids is 1. The van der Waals surface area contributed by atoms with E-state index in [0.717, 1.165) is 28.2 Å². The summed E-state index contributed by atoms with van der Waals surface area (Å²) in [4.78, 5) is 49.0. The fraction of sp³-hybridized carbons (Fsp3) is 0.444. The third-order valence-electron chi connectivity index (χ3n) is 5.60. The van der Waals surface area contributed by atoms with Gasteiger partial charge in [0.25, 0.3) is 18.7 Å². The van der Waals surface area contributed by atoms with Crippen molar-refractivity contribution in [2.45, 2.75) is 11.4 Å². The Balaban J connectivity index is 1.56. The predicted molar refractivity (Wildman–Crippen MR) is 131 cm³/mol. The highest BCUT2D eigenvalue weighted by Crippen LogP contribution is 2.41. The molecule has 19 heteroatoms. The first kappa shape index (κ1) is 26.2. The fourth-order valence-corrected chi connectivity index (χ4v) is 5.72. The number of carboxylic acid groups (broad SMARTS) is 1. The van der Waals surface area contributed by atoms with Crippen LogP contribution in [0.1, 0.15) is 5.82 Å². The van der Waals surface area contributed by atoms with Gasteiger partial charge in [-0.25, -0.2) is 9.18 Å². The second-order valence-electron chi connectivity index (χ2n) is 7.69. The van der Waals surface area contributed by atoms with Crippen LogP contribution in [0.2, 0.25) is 0 Å². The molecule has 16 nitrogen and oxygen atoms in total. The van der Waals surface area contributed by atoms with Crippen LogP contribution in [-0.2, 0) is 19.2 Å². The van der Waals surface area contributed by atoms with Crippen LogP contribution in [0.25, 0.3) is 0 Å². The molecule has 0 aromatic carbocycles. The number of nitrogens with zero attached hydrogens (tertiary/aromatic N) is 6. The lowest BCUT2D eigenvalue weighted by molar-refractivity contribution is -0.150. The number of hydrogen-bond acceptors (Lipinski definition) is 14. The summed E-state index contributed by atoms with van der Waals surface area (Å²) in [6, 6.07) is -1.13. The molecule has 1 aromatic rings. The van der Waals surface area contributed by atoms with Gasteiger partial charge in [0.2, 0.25) is 11.5 Å². The summed E-state index contributed by atoms with van der Waals surface area (Å²) in [5.74, 6) is 2.28. The number of amidine groups is 1. The van der Waals surface area contributed by atoms with Crippen molar-refractivity contribution >= 4 is 63.5 Å². The molecule has 2 amide bonds. The van der Waals surface area contributed by atoms with Gasteiger partial charge in [-0.15, -0.1) is 11.8 Å². The quantitative estimate of drug-likeness (QED) is 0.0653. The Hall–Kier alpha value is -3.84. The highest BCUT2D eigenvalue weighted by atomic mass is 32.2. The number of aromatic nitrogens is 2. The Kier molecular flexibility index (Phi) is 7.83. The van der Waals surface area contributed by atoms with Crippen molar-refractivity contribution in [3.8, 4) is 0 Å². The number of halogens is 1. The third-order valence-corrected chi connectivity index (χ3v) is 7.43. The number of nitrogen functional groups attached to an aromatic ring is 1. The van der Waals surface area contributed by atoms with E-state index in [-0.39, 0.29) is 39.5 Å². The number of hydrogen-bond donors (Lipinski definition) is 6. The molecule has 2 fully saturated rings. The Bertz CT molecular complexity index is 1210. The first-order valence-corrected chi connectivity index (χ1v) is 12.5. The van der Waals surface area contributed by atoms with Gasteiger partial charge < -0.3 is 37.1 Å². The molecule has 4 rings (SSSR count). The van der Waals surface area contributed by atoms with Gasteiger partial charge in [0.05, 0.1) is 0 Å². The monoisotopic (exact) mass is 555 g/mol. The van der Waals surface area contributed by atoms with E-state index in [1.165, 1.54) is 0 Å². The smallest absolute Gasteiger partial charge is 0.353 e. The van der Waals surface area contributed by atoms with E-state index < -0.39 is 41.8 Å². The predicted octanol–water partition coefficient (Wildman–Crippen LogP) is -2.30. The van der Waals surface area contributed by atoms with E-state index in [1.807, 2.05) is 0 Å². The SMILES string of the molecule is N=C(C(=NN)C1=C(C(=O)O)N2C(=O)C(NC(=O)C(=NOCF)c3nsc(N)n3)C2SC1)N1CCNCC1. The van der Waals surface area contributed by atoms with Crippen molar-refractivity contribution in [3.63, 3.8) is 0 Å². The molecular formula is C18H22FN11O5S2. The van der Waals surface area contributed by atoms with Gasteiger partial charge in [-0.1, -0.05) is 5.16 Å². The highest BCUT2D eigenvalue weighted by molar-refractivity contribution is 8.00. The van der Waals surface area contributed by atoms with Crippen molar-refractivity contribution < 1.29 is 28.7 Å². The molecule has 2 unspecified atom stereocenters. The lowest BCUT2D eigenvalue weighted by Gasteiger charge is -2.49. The van der Waals surface area contributed by atoms with E-state index in [0.29, 0.717) is 26.2 Å². The van der Waals surface area contributed by atoms with Gasteiger partial charge in [0.15, 0.2) is 5.13 Å². The van der Waals surface area contributed by atoms with Gasteiger partial charge in [-0.2, -0.15) is 14.5 Å². The summed E-state index contributed by atoms with van der Waals surface area (Å²) >= 11 is 1.93. The molecule has 2 saturated heterocycles. The minimum Gasteiger partial charge on any atom is -0.477 e. The van der Waals surface area contributed by atoms with Gasteiger partial charge in [-0.3, -0.25) is 19.9 Å². The maximum absolute atomic E-state index is 13.0. The number of aliphatic carboxylic acids is 1. The Labute approximate surface area is 216 Å². The minimum atomic E-state index is -1.41. The van der Waals surface area contributed by atoms with E-state index in [4.69, 9.17) is 17.0 Å². The summed E-state index contributed by atoms with van der Waals surface area (Å²) in [5, 5.41) is 30.4. The molecule has 37 heavy (non-hydrogen) atoms. The molecule has 2 atom stereocenters. The number of rotatable bonds is 8. The molecule has 0 aliphatic carbocycles. The first-order valence-electron chi connectivity index (χ1n) is 10.7. The topological polar surface area (TPSA) is 238 Å². The number of fused-ring (bicyclic) bond motifs is 1. The highest BCUT2D eigenvalue weighted by Gasteiger charge is 2.55. The Morgan fingerprint density at radius 2 is 2.08 bits per heavy atom. The second-order valence-corrected chi connectivity index (χ2v) is 9.58. The van der Waals surface area contributed by atoms with Crippen molar-refractivity contribution in [2.24, 2.45) is 16.1 Å². The zero-order chi connectivity index (χ0) is 26.7. The number of piperazine rings is 1. The van der Waals surface area contributed by atoms with Crippen LogP contribution in [0.15, 0.2) is 21.5 Å². The summed E-state index contributed by atoms with van der Waals surface area (Å²) < 4.78 is 16.3. The average molecular weight is 556 g/mol. The zero-order valence-electron chi connectivity index (χ0n) is 19.0. The minimum absolute atomic E-state index is 0.0250. The summed E-state index contributed by atoms with van der Waals surface area (Å²) in [6.07, 6.45) is 0. The largest absolute Gasteiger partial charge is 0.477 e. The summed E-state index contributed by atoms with van der Waals surface area (Å²) in [6.45, 7) is 0.969. The zero-order valence-corrected chi connectivity index (χ0v) is 20.6. The molecule has 0 saturated carbocycles. The molecular weight excluding hydrogens is 533 g/mol. The van der Waals surface area contributed by atoms with Crippen LogP contribution in [0.4, 0.5) is 9.52 Å². The van der Waals surface area contributed by atoms with Crippen LogP contribution >= 0.6 is 23.3 Å². The Morgan fingerprint density at radius 1 is 1.35 bits per heavy atom. The number of carbonyl (C=O) groups excluding carboxylic acids is 2. The lowest BCUT2D eigenvalue weighted by Crippen LogP contribution is -2.71. The average Bonchev–Trinajstić information content (AvgIpc) is 3.33. The number of carbonyl (C=O) groups is 3. The summed E-state index contributed by atoms with van der Waals surface area (Å²) in [5.41, 5.74) is 4.75. The number of thioether (sulfide) groups is 1. The van der Waals surface area contributed by atoms with Gasteiger partial charge in [-0.05, 0) is 0 Å². The molecule has 0 bridgehead atoms. The van der Waals surface area contributed by atoms with Crippen molar-refractivity contribution in [3.05, 3.63) is 17.1 Å². The number of oxime groups is 1. The van der Waals surface area contributed by atoms with Crippen LogP contribution in [0.5, 0.6) is 0 Å². The van der Waals surface area contributed by atoms with Gasteiger partial charge >= 0.3 is 5.97 Å². The van der Waals surface area contributed by atoms with Crippen LogP contribution in [0.3, 0.4) is 0 Å². The molecule has 3 aliphatic heterocycles. The number of anilines is 1. The number of nitrogens with two attached hydrogens (primary N) is 2. The maximum atomic E-state index is 13.0. The van der Waals surface area contributed by atoms with Crippen LogP contribution in [-0.4, -0.2) is 110 Å². The number of amides is 2. The van der Waals surface area contributed by atoms with Gasteiger partial charge in [0, 0.05) is 49.0 Å². The van der Waals surface area contributed by atoms with Crippen molar-refractivity contribution in [2.75, 3.05) is 44.5 Å². The molecule has 4 heterocycles. The van der Waals surface area contributed by atoms with Gasteiger partial charge in [0.1, 0.15) is 28.7 Å². The number of alkyl halides is 1. The van der Waals surface area contributed by atoms with Crippen molar-refractivity contribution in [1.82, 2.24) is 29.8 Å². The first-order chi connectivity index (χ1) is 17.8. The molecule has 0 radical (unpaired) electrons. The number of nitrogens with one attached hydrogen (secondary N) is 3. The molecule has 3 aliphatic rings. The third kappa shape index (κ3) is 5.04. The van der Waals surface area contributed by atoms with E-state index in [1.54, 1.807) is 4.90 Å². The second kappa shape index (κ2) is 11.0. The molecule has 198 valence electrons. The van der Waals surface area contributed by atoms with Crippen molar-refractivity contribution in [1.29, 1.82) is 5.41 Å². The van der Waals surface area contributed by atoms with Crippen LogP contribution < -0.4 is 22.2 Å².